The van der Waals surface area contributed by atoms with Gasteiger partial charge in [-0.15, -0.1) is 0 Å². The largest absolute Gasteiger partial charge is 0.504 e. The third-order valence-corrected chi connectivity index (χ3v) is 4.95. The summed E-state index contributed by atoms with van der Waals surface area (Å²) in [6.45, 7) is 0. The molecule has 0 aromatic heterocycles. The SMILES string of the molecule is O=CC(O)(C(=O)c1cc(O)c(O)c(O)c1)C(O)C(O)C(O)C(O)C(=O)c1cc(O)c(O)c(O)c1. The fraction of sp³-hybridized carbons (Fsp3) is 0.250. The molecule has 11 N–H and O–H groups in total. The van der Waals surface area contributed by atoms with Gasteiger partial charge >= 0.3 is 0 Å². The van der Waals surface area contributed by atoms with Crippen molar-refractivity contribution in [2.75, 3.05) is 0 Å². The molecule has 0 heterocycles. The molecule has 2 aromatic rings. The molecule has 14 heteroatoms. The van der Waals surface area contributed by atoms with Crippen molar-refractivity contribution < 1.29 is 70.6 Å². The van der Waals surface area contributed by atoms with Gasteiger partial charge in [-0.1, -0.05) is 0 Å². The Labute approximate surface area is 189 Å². The number of aliphatic hydroxyl groups excluding tert-OH is 4. The second-order valence-corrected chi connectivity index (χ2v) is 7.23. The van der Waals surface area contributed by atoms with Gasteiger partial charge in [0.15, 0.2) is 46.6 Å². The molecule has 0 saturated heterocycles. The Morgan fingerprint density at radius 2 is 1.09 bits per heavy atom. The average molecular weight is 484 g/mol. The molecule has 0 aliphatic rings. The van der Waals surface area contributed by atoms with E-state index in [1.54, 1.807) is 0 Å². The Balaban J connectivity index is 2.33. The Morgan fingerprint density at radius 3 is 1.47 bits per heavy atom. The molecule has 5 unspecified atom stereocenters. The minimum Gasteiger partial charge on any atom is -0.504 e. The van der Waals surface area contributed by atoms with Crippen molar-refractivity contribution in [3.63, 3.8) is 0 Å². The van der Waals surface area contributed by atoms with E-state index in [4.69, 9.17) is 0 Å². The van der Waals surface area contributed by atoms with Crippen LogP contribution in [0.4, 0.5) is 0 Å². The monoisotopic (exact) mass is 484 g/mol. The summed E-state index contributed by atoms with van der Waals surface area (Å²) in [7, 11) is 0. The van der Waals surface area contributed by atoms with Gasteiger partial charge in [-0.3, -0.25) is 14.4 Å². The number of benzene rings is 2. The number of aliphatic hydroxyl groups is 5. The molecular formula is C20H20O14. The topological polar surface area (TPSA) is 274 Å². The molecule has 2 aromatic carbocycles. The molecule has 34 heavy (non-hydrogen) atoms. The second kappa shape index (κ2) is 9.50. The lowest BCUT2D eigenvalue weighted by atomic mass is 9.83. The van der Waals surface area contributed by atoms with Crippen LogP contribution in [0.3, 0.4) is 0 Å². The fourth-order valence-electron chi connectivity index (χ4n) is 2.93. The van der Waals surface area contributed by atoms with Gasteiger partial charge in [0.1, 0.15) is 24.4 Å². The number of hydrogen-bond acceptors (Lipinski definition) is 14. The normalized spacial score (nSPS) is 16.6. The first kappa shape index (κ1) is 26.3. The van der Waals surface area contributed by atoms with Crippen molar-refractivity contribution >= 4 is 17.9 Å². The Kier molecular flexibility index (Phi) is 7.35. The predicted octanol–water partition coefficient (Wildman–Crippen LogP) is -2.64. The lowest BCUT2D eigenvalue weighted by molar-refractivity contribution is -0.156. The van der Waals surface area contributed by atoms with Crippen molar-refractivity contribution in [3.05, 3.63) is 35.4 Å². The minimum atomic E-state index is -3.55. The molecule has 5 atom stereocenters. The molecular weight excluding hydrogens is 464 g/mol. The summed E-state index contributed by atoms with van der Waals surface area (Å²) in [6.07, 6.45) is -11.5. The molecule has 0 saturated carbocycles. The Morgan fingerprint density at radius 1 is 0.706 bits per heavy atom. The number of Topliss-reactive ketones (excluding diaryl/α,β-unsaturated/α-hetero) is 2. The Hall–Kier alpha value is -3.95. The zero-order valence-corrected chi connectivity index (χ0v) is 16.8. The molecule has 184 valence electrons. The summed E-state index contributed by atoms with van der Waals surface area (Å²) >= 11 is 0. The number of hydrogen-bond donors (Lipinski definition) is 11. The van der Waals surface area contributed by atoms with Crippen molar-refractivity contribution in [3.8, 4) is 34.5 Å². The maximum Gasteiger partial charge on any atom is 0.211 e. The van der Waals surface area contributed by atoms with E-state index in [1.807, 2.05) is 0 Å². The Bertz CT molecular complexity index is 1080. The summed E-state index contributed by atoms with van der Waals surface area (Å²) in [6, 6.07) is 2.18. The van der Waals surface area contributed by atoms with Crippen LogP contribution in [-0.4, -0.2) is 104 Å². The van der Waals surface area contributed by atoms with E-state index in [2.05, 4.69) is 0 Å². The van der Waals surface area contributed by atoms with Crippen molar-refractivity contribution in [1.29, 1.82) is 0 Å². The molecule has 0 amide bonds. The zero-order valence-electron chi connectivity index (χ0n) is 16.8. The molecule has 14 nitrogen and oxygen atoms in total. The van der Waals surface area contributed by atoms with E-state index in [9.17, 15) is 70.6 Å². The quantitative estimate of drug-likeness (QED) is 0.0751. The fourth-order valence-corrected chi connectivity index (χ4v) is 2.93. The number of aldehydes is 1. The third kappa shape index (κ3) is 4.57. The predicted molar refractivity (Wildman–Crippen MR) is 107 cm³/mol. The number of aromatic hydroxyl groups is 6. The van der Waals surface area contributed by atoms with E-state index in [0.29, 0.717) is 24.3 Å². The number of carbonyl (C=O) groups excluding carboxylic acids is 3. The highest BCUT2D eigenvalue weighted by Crippen LogP contribution is 2.37. The average Bonchev–Trinajstić information content (AvgIpc) is 2.81. The van der Waals surface area contributed by atoms with E-state index in [-0.39, 0.29) is 0 Å². The zero-order chi connectivity index (χ0) is 26.1. The van der Waals surface area contributed by atoms with Gasteiger partial charge in [0.2, 0.25) is 11.4 Å². The van der Waals surface area contributed by atoms with Gasteiger partial charge in [-0.05, 0) is 24.3 Å². The van der Waals surface area contributed by atoms with Crippen LogP contribution in [0.1, 0.15) is 20.7 Å². The molecule has 0 aliphatic carbocycles. The lowest BCUT2D eigenvalue weighted by Gasteiger charge is -2.33. The van der Waals surface area contributed by atoms with Gasteiger partial charge in [0.05, 0.1) is 0 Å². The van der Waals surface area contributed by atoms with Gasteiger partial charge in [-0.25, -0.2) is 0 Å². The van der Waals surface area contributed by atoms with Crippen LogP contribution in [-0.2, 0) is 4.79 Å². The van der Waals surface area contributed by atoms with Crippen molar-refractivity contribution in [2.45, 2.75) is 30.0 Å². The summed E-state index contributed by atoms with van der Waals surface area (Å²) < 4.78 is 0. The highest BCUT2D eigenvalue weighted by molar-refractivity contribution is 6.12. The summed E-state index contributed by atoms with van der Waals surface area (Å²) in [5.41, 5.74) is -5.04. The van der Waals surface area contributed by atoms with Gasteiger partial charge in [-0.2, -0.15) is 0 Å². The van der Waals surface area contributed by atoms with Crippen molar-refractivity contribution in [2.24, 2.45) is 0 Å². The first-order valence-electron chi connectivity index (χ1n) is 9.17. The standard InChI is InChI=1S/C20H20O14/c21-5-20(34,18(32)7-3-10(24)14(28)11(25)4-7)19(33)17(31)16(30)15(29)12(26)6-1-8(22)13(27)9(23)2-6/h1-5,15-17,19,22-25,27-31,33-34H. The third-order valence-electron chi connectivity index (χ3n) is 4.95. The molecule has 0 aliphatic heterocycles. The van der Waals surface area contributed by atoms with Gasteiger partial charge < -0.3 is 56.2 Å². The van der Waals surface area contributed by atoms with Crippen LogP contribution in [0.25, 0.3) is 0 Å². The van der Waals surface area contributed by atoms with E-state index in [0.717, 1.165) is 0 Å². The highest BCUT2D eigenvalue weighted by Gasteiger charge is 2.50. The van der Waals surface area contributed by atoms with Crippen LogP contribution < -0.4 is 0 Å². The number of ketones is 2. The molecule has 0 fully saturated rings. The maximum atomic E-state index is 12.6. The van der Waals surface area contributed by atoms with Crippen LogP contribution >= 0.6 is 0 Å². The first-order chi connectivity index (χ1) is 15.7. The van der Waals surface area contributed by atoms with Gasteiger partial charge in [0, 0.05) is 11.1 Å². The molecule has 2 rings (SSSR count). The van der Waals surface area contributed by atoms with E-state index >= 15 is 0 Å². The maximum absolute atomic E-state index is 12.6. The van der Waals surface area contributed by atoms with Crippen LogP contribution in [0.15, 0.2) is 24.3 Å². The minimum absolute atomic E-state index is 0.504. The number of carbonyl (C=O) groups is 3. The number of phenols is 6. The van der Waals surface area contributed by atoms with E-state index < -0.39 is 93.5 Å². The smallest absolute Gasteiger partial charge is 0.211 e. The number of phenolic OH excluding ortho intramolecular Hbond substituents is 6. The second-order valence-electron chi connectivity index (χ2n) is 7.23. The highest BCUT2D eigenvalue weighted by atomic mass is 16.4. The summed E-state index contributed by atoms with van der Waals surface area (Å²) in [5, 5.41) is 107. The first-order valence-corrected chi connectivity index (χ1v) is 9.17. The van der Waals surface area contributed by atoms with Gasteiger partial charge in [0.25, 0.3) is 0 Å². The van der Waals surface area contributed by atoms with Crippen LogP contribution in [0.5, 0.6) is 34.5 Å². The van der Waals surface area contributed by atoms with E-state index in [1.165, 1.54) is 0 Å². The van der Waals surface area contributed by atoms with Crippen LogP contribution in [0, 0.1) is 0 Å². The van der Waals surface area contributed by atoms with Crippen molar-refractivity contribution in [1.82, 2.24) is 0 Å². The molecule has 0 spiro atoms. The summed E-state index contributed by atoms with van der Waals surface area (Å²) in [4.78, 5) is 36.4. The van der Waals surface area contributed by atoms with Crippen LogP contribution in [0.2, 0.25) is 0 Å². The lowest BCUT2D eigenvalue weighted by Crippen LogP contribution is -2.60. The molecule has 0 bridgehead atoms. The number of rotatable bonds is 9. The summed E-state index contributed by atoms with van der Waals surface area (Å²) in [5.74, 6) is -9.28. The molecule has 0 radical (unpaired) electrons.